The second-order valence-electron chi connectivity index (χ2n) is 18.7. The van der Waals surface area contributed by atoms with E-state index in [1.54, 1.807) is 30.5 Å². The van der Waals surface area contributed by atoms with E-state index in [1.807, 2.05) is 18.2 Å². The molecule has 2 atom stereocenters. The molecular formula is C48H55ClN8O7S. The summed E-state index contributed by atoms with van der Waals surface area (Å²) in [6.07, 6.45) is 6.85. The number of ether oxygens (including phenoxy) is 2. The zero-order valence-corrected chi connectivity index (χ0v) is 38.5. The van der Waals surface area contributed by atoms with E-state index in [-0.39, 0.29) is 40.7 Å². The number of fused-ring (bicyclic) bond motifs is 2. The summed E-state index contributed by atoms with van der Waals surface area (Å²) < 4.78 is 42.4. The highest BCUT2D eigenvalue weighted by Gasteiger charge is 2.34. The van der Waals surface area contributed by atoms with E-state index in [9.17, 15) is 23.3 Å². The van der Waals surface area contributed by atoms with Gasteiger partial charge in [-0.3, -0.25) is 19.8 Å². The molecule has 342 valence electrons. The number of nitrogens with one attached hydrogen (secondary N) is 3. The number of hydrogen-bond acceptors (Lipinski definition) is 12. The highest BCUT2D eigenvalue weighted by Crippen LogP contribution is 2.44. The van der Waals surface area contributed by atoms with Crippen molar-refractivity contribution in [1.82, 2.24) is 29.8 Å². The summed E-state index contributed by atoms with van der Waals surface area (Å²) in [7, 11) is -4.63. The van der Waals surface area contributed by atoms with Crippen molar-refractivity contribution >= 4 is 55.5 Å². The van der Waals surface area contributed by atoms with Crippen LogP contribution in [-0.2, 0) is 16.4 Å². The van der Waals surface area contributed by atoms with E-state index in [0.29, 0.717) is 36.0 Å². The normalized spacial score (nSPS) is 20.6. The van der Waals surface area contributed by atoms with Crippen LogP contribution in [0, 0.1) is 21.4 Å². The highest BCUT2D eigenvalue weighted by atomic mass is 35.5. The Kier molecular flexibility index (Phi) is 12.6. The molecule has 1 aliphatic carbocycles. The fourth-order valence-electron chi connectivity index (χ4n) is 9.69. The number of hydrogen-bond donors (Lipinski definition) is 3. The molecule has 0 radical (unpaired) electrons. The number of nitrogens with zero attached hydrogens (tertiary/aromatic N) is 5. The van der Waals surface area contributed by atoms with E-state index in [2.05, 4.69) is 67.6 Å². The van der Waals surface area contributed by atoms with Gasteiger partial charge >= 0.3 is 0 Å². The number of halogens is 1. The van der Waals surface area contributed by atoms with Crippen LogP contribution in [0.4, 0.5) is 11.4 Å². The summed E-state index contributed by atoms with van der Waals surface area (Å²) in [6.45, 7) is 14.3. The molecule has 9 rings (SSSR count). The lowest BCUT2D eigenvalue weighted by atomic mass is 9.72. The van der Waals surface area contributed by atoms with E-state index >= 15 is 0 Å². The maximum atomic E-state index is 14.1. The van der Waals surface area contributed by atoms with Gasteiger partial charge in [-0.15, -0.1) is 0 Å². The fraction of sp³-hybridized carbons (Fsp3) is 0.417. The summed E-state index contributed by atoms with van der Waals surface area (Å²) >= 11 is 6.25. The number of amides is 1. The average molecular weight is 924 g/mol. The van der Waals surface area contributed by atoms with Crippen molar-refractivity contribution in [1.29, 1.82) is 0 Å². The lowest BCUT2D eigenvalue weighted by Crippen LogP contribution is -2.51. The number of pyridine rings is 1. The summed E-state index contributed by atoms with van der Waals surface area (Å²) in [6, 6.07) is 19.5. The molecule has 2 saturated heterocycles. The number of carbonyl (C=O) groups excluding carboxylic acids is 1. The molecule has 0 unspecified atom stereocenters. The van der Waals surface area contributed by atoms with E-state index < -0.39 is 25.7 Å². The predicted molar refractivity (Wildman–Crippen MR) is 252 cm³/mol. The van der Waals surface area contributed by atoms with Gasteiger partial charge < -0.3 is 29.6 Å². The van der Waals surface area contributed by atoms with Gasteiger partial charge in [0.15, 0.2) is 0 Å². The van der Waals surface area contributed by atoms with Crippen LogP contribution in [-0.4, -0.2) is 111 Å². The monoisotopic (exact) mass is 922 g/mol. The van der Waals surface area contributed by atoms with Crippen LogP contribution in [0.2, 0.25) is 5.02 Å². The molecule has 0 bridgehead atoms. The predicted octanol–water partition coefficient (Wildman–Crippen LogP) is 7.67. The molecule has 5 aromatic rings. The molecule has 0 spiro atoms. The first-order valence-corrected chi connectivity index (χ1v) is 24.2. The fourth-order valence-corrected chi connectivity index (χ4v) is 10.8. The third-order valence-corrected chi connectivity index (χ3v) is 14.7. The summed E-state index contributed by atoms with van der Waals surface area (Å²) in [4.78, 5) is 40.0. The zero-order valence-electron chi connectivity index (χ0n) is 36.9. The van der Waals surface area contributed by atoms with Crippen molar-refractivity contribution in [3.05, 3.63) is 117 Å². The molecule has 3 aliphatic heterocycles. The van der Waals surface area contributed by atoms with Crippen molar-refractivity contribution in [2.75, 3.05) is 70.4 Å². The Bertz CT molecular complexity index is 2750. The Hall–Kier alpha value is -5.52. The van der Waals surface area contributed by atoms with Gasteiger partial charge in [0, 0.05) is 111 Å². The molecule has 17 heteroatoms. The van der Waals surface area contributed by atoms with Crippen molar-refractivity contribution in [3.63, 3.8) is 0 Å². The van der Waals surface area contributed by atoms with E-state index in [0.717, 1.165) is 93.8 Å². The number of anilines is 1. The lowest BCUT2D eigenvalue weighted by molar-refractivity contribution is -0.386. The zero-order chi connectivity index (χ0) is 45.5. The van der Waals surface area contributed by atoms with Crippen molar-refractivity contribution in [2.24, 2.45) is 11.3 Å². The Morgan fingerprint density at radius 3 is 2.62 bits per heavy atom. The van der Waals surface area contributed by atoms with Gasteiger partial charge in [0.1, 0.15) is 22.9 Å². The number of sulfonamides is 1. The Morgan fingerprint density at radius 1 is 1.05 bits per heavy atom. The quantitative estimate of drug-likeness (QED) is 0.0825. The number of aromatic amines is 1. The molecule has 3 aromatic carbocycles. The Balaban J connectivity index is 0.935. The molecule has 3 N–H and O–H groups in total. The standard InChI is InChI=1S/C48H55ClN8O7S/c1-31-27-55(15-14-50-31)28-32-20-41-43(57(59)60)23-39(24-44(41)63-30-32)65(61,62)53-47(58)40-9-8-37(22-45(40)64-38-21-34-11-13-51-46(34)52-26-38)56-18-16-54(17-19-56)29-35-10-12-48(2,3)25-42(35)33-4-6-36(49)7-5-33/h4-9,11,13,21-24,26,31-32,50H,10,12,14-20,25,27-30H2,1-3H3,(H,51,52)(H,53,58)/t31-,32-/m0/s1. The minimum absolute atomic E-state index is 0.00640. The topological polar surface area (TPSA) is 175 Å². The molecule has 65 heavy (non-hydrogen) atoms. The van der Waals surface area contributed by atoms with Crippen LogP contribution in [0.25, 0.3) is 16.6 Å². The van der Waals surface area contributed by atoms with Crippen LogP contribution >= 0.6 is 11.6 Å². The highest BCUT2D eigenvalue weighted by molar-refractivity contribution is 7.90. The number of nitro groups is 1. The van der Waals surface area contributed by atoms with Gasteiger partial charge in [0.05, 0.1) is 33.7 Å². The number of piperazine rings is 2. The second kappa shape index (κ2) is 18.4. The van der Waals surface area contributed by atoms with Gasteiger partial charge in [0.2, 0.25) is 0 Å². The van der Waals surface area contributed by atoms with Gasteiger partial charge in [-0.05, 0) is 85.6 Å². The number of carbonyl (C=O) groups is 1. The summed E-state index contributed by atoms with van der Waals surface area (Å²) in [5.41, 5.74) is 5.74. The minimum atomic E-state index is -4.63. The van der Waals surface area contributed by atoms with Gasteiger partial charge in [0.25, 0.3) is 21.6 Å². The number of H-pyrrole nitrogens is 1. The smallest absolute Gasteiger partial charge is 0.277 e. The van der Waals surface area contributed by atoms with Crippen molar-refractivity contribution < 1.29 is 27.6 Å². The first kappa shape index (κ1) is 44.7. The number of aromatic nitrogens is 2. The molecule has 2 aromatic heterocycles. The molecule has 1 amide bonds. The maximum absolute atomic E-state index is 14.1. The van der Waals surface area contributed by atoms with Gasteiger partial charge in [-0.25, -0.2) is 18.1 Å². The SMILES string of the molecule is C[C@H]1CN(C[C@H]2COc3cc(S(=O)(=O)NC(=O)c4ccc(N5CCN(CC6=C(c7ccc(Cl)cc7)CC(C)(C)CC6)CC5)cc4Oc4cnc5[nH]ccc5c4)cc([N+](=O)[O-])c3C2)CCN1. The van der Waals surface area contributed by atoms with Crippen LogP contribution in [0.5, 0.6) is 17.2 Å². The van der Waals surface area contributed by atoms with E-state index in [4.69, 9.17) is 21.1 Å². The number of nitro benzene ring substituents is 1. The average Bonchev–Trinajstić information content (AvgIpc) is 3.75. The number of benzene rings is 3. The maximum Gasteiger partial charge on any atom is 0.277 e. The van der Waals surface area contributed by atoms with E-state index in [1.165, 1.54) is 29.0 Å². The first-order valence-electron chi connectivity index (χ1n) is 22.3. The molecule has 0 saturated carbocycles. The Morgan fingerprint density at radius 2 is 1.85 bits per heavy atom. The van der Waals surface area contributed by atoms with Gasteiger partial charge in [-0.2, -0.15) is 0 Å². The lowest BCUT2D eigenvalue weighted by Gasteiger charge is -2.39. The van der Waals surface area contributed by atoms with Crippen LogP contribution in [0.1, 0.15) is 61.5 Å². The molecular weight excluding hydrogens is 868 g/mol. The summed E-state index contributed by atoms with van der Waals surface area (Å²) in [5, 5.41) is 17.3. The third-order valence-electron chi connectivity index (χ3n) is 13.2. The molecule has 2 fully saturated rings. The molecule has 5 heterocycles. The largest absolute Gasteiger partial charge is 0.493 e. The van der Waals surface area contributed by atoms with Crippen LogP contribution in [0.15, 0.2) is 89.6 Å². The van der Waals surface area contributed by atoms with Crippen LogP contribution < -0.4 is 24.4 Å². The van der Waals surface area contributed by atoms with Crippen LogP contribution in [0.3, 0.4) is 0 Å². The second-order valence-corrected chi connectivity index (χ2v) is 20.8. The number of rotatable bonds is 12. The third kappa shape index (κ3) is 10.2. The molecule has 4 aliphatic rings. The van der Waals surface area contributed by atoms with Crippen molar-refractivity contribution in [3.8, 4) is 17.2 Å². The van der Waals surface area contributed by atoms with Crippen molar-refractivity contribution in [2.45, 2.75) is 57.4 Å². The Labute approximate surface area is 384 Å². The number of allylic oxidation sites excluding steroid dienone is 1. The molecule has 15 nitrogen and oxygen atoms in total. The first-order chi connectivity index (χ1) is 31.2. The minimum Gasteiger partial charge on any atom is -0.493 e. The summed E-state index contributed by atoms with van der Waals surface area (Å²) in [5.74, 6) is -0.364. The van der Waals surface area contributed by atoms with Gasteiger partial charge in [-0.1, -0.05) is 43.2 Å².